The number of benzene rings is 1. The predicted octanol–water partition coefficient (Wildman–Crippen LogP) is 3.77. The summed E-state index contributed by atoms with van der Waals surface area (Å²) in [7, 11) is 0. The molecule has 1 rings (SSSR count). The second kappa shape index (κ2) is 5.85. The van der Waals surface area contributed by atoms with Gasteiger partial charge in [0, 0.05) is 10.1 Å². The van der Waals surface area contributed by atoms with Crippen molar-refractivity contribution in [2.75, 3.05) is 6.54 Å². The van der Waals surface area contributed by atoms with E-state index in [-0.39, 0.29) is 11.3 Å². The minimum Gasteiger partial charge on any atom is -0.351 e. The molecule has 1 amide bonds. The van der Waals surface area contributed by atoms with Crippen LogP contribution in [0, 0.1) is 15.9 Å². The second-order valence-electron chi connectivity index (χ2n) is 5.14. The quantitative estimate of drug-likeness (QED) is 0.827. The molecule has 94 valence electrons. The van der Waals surface area contributed by atoms with E-state index in [9.17, 15) is 4.79 Å². The van der Waals surface area contributed by atoms with Crippen molar-refractivity contribution in [3.05, 3.63) is 32.9 Å². The molecule has 3 heteroatoms. The summed E-state index contributed by atoms with van der Waals surface area (Å²) in [6, 6.07) is 5.83. The summed E-state index contributed by atoms with van der Waals surface area (Å²) < 4.78 is 1.04. The van der Waals surface area contributed by atoms with E-state index < -0.39 is 0 Å². The van der Waals surface area contributed by atoms with E-state index in [2.05, 4.69) is 48.7 Å². The highest BCUT2D eigenvalue weighted by molar-refractivity contribution is 14.1. The molecule has 1 aromatic carbocycles. The number of aryl methyl sites for hydroxylation is 1. The van der Waals surface area contributed by atoms with Gasteiger partial charge in [-0.3, -0.25) is 4.79 Å². The SMILES string of the molecule is CCC(C)(C)CNC(=O)c1cccc(C)c1I. The first-order valence-electron chi connectivity index (χ1n) is 5.90. The Morgan fingerprint density at radius 2 is 2.06 bits per heavy atom. The van der Waals surface area contributed by atoms with Crippen molar-refractivity contribution < 1.29 is 4.79 Å². The molecule has 0 spiro atoms. The molecule has 1 aromatic rings. The average molecular weight is 345 g/mol. The van der Waals surface area contributed by atoms with Crippen molar-refractivity contribution in [2.45, 2.75) is 34.1 Å². The molecule has 17 heavy (non-hydrogen) atoms. The van der Waals surface area contributed by atoms with Crippen molar-refractivity contribution in [3.63, 3.8) is 0 Å². The van der Waals surface area contributed by atoms with Crippen molar-refractivity contribution in [3.8, 4) is 0 Å². The highest BCUT2D eigenvalue weighted by Gasteiger charge is 2.18. The Balaban J connectivity index is 2.74. The first-order chi connectivity index (χ1) is 7.87. The normalized spacial score (nSPS) is 11.4. The maximum atomic E-state index is 12.1. The monoisotopic (exact) mass is 345 g/mol. The molecule has 0 bridgehead atoms. The third kappa shape index (κ3) is 3.98. The summed E-state index contributed by atoms with van der Waals surface area (Å²) in [6.45, 7) is 9.20. The maximum Gasteiger partial charge on any atom is 0.252 e. The molecule has 0 heterocycles. The van der Waals surface area contributed by atoms with Crippen LogP contribution in [0.3, 0.4) is 0 Å². The van der Waals surface area contributed by atoms with E-state index in [0.717, 1.165) is 21.1 Å². The molecule has 0 fully saturated rings. The predicted molar refractivity (Wildman–Crippen MR) is 80.3 cm³/mol. The van der Waals surface area contributed by atoms with Crippen LogP contribution >= 0.6 is 22.6 Å². The zero-order valence-corrected chi connectivity index (χ0v) is 13.1. The highest BCUT2D eigenvalue weighted by atomic mass is 127. The van der Waals surface area contributed by atoms with Gasteiger partial charge in [0.15, 0.2) is 0 Å². The number of hydrogen-bond donors (Lipinski definition) is 1. The van der Waals surface area contributed by atoms with Crippen LogP contribution in [-0.2, 0) is 0 Å². The van der Waals surface area contributed by atoms with Crippen LogP contribution in [-0.4, -0.2) is 12.5 Å². The molecule has 2 nitrogen and oxygen atoms in total. The van der Waals surface area contributed by atoms with Crippen molar-refractivity contribution in [1.82, 2.24) is 5.32 Å². The molecular weight excluding hydrogens is 325 g/mol. The molecule has 0 atom stereocenters. The lowest BCUT2D eigenvalue weighted by molar-refractivity contribution is 0.0934. The lowest BCUT2D eigenvalue weighted by atomic mass is 9.90. The fourth-order valence-corrected chi connectivity index (χ4v) is 1.97. The van der Waals surface area contributed by atoms with Crippen LogP contribution in [0.5, 0.6) is 0 Å². The summed E-state index contributed by atoms with van der Waals surface area (Å²) in [5.41, 5.74) is 2.08. The number of amides is 1. The number of carbonyl (C=O) groups excluding carboxylic acids is 1. The van der Waals surface area contributed by atoms with E-state index in [1.165, 1.54) is 0 Å². The fourth-order valence-electron chi connectivity index (χ4n) is 1.36. The Labute approximate surface area is 117 Å². The first-order valence-corrected chi connectivity index (χ1v) is 6.98. The third-order valence-electron chi connectivity index (χ3n) is 3.12. The van der Waals surface area contributed by atoms with Crippen LogP contribution in [0.2, 0.25) is 0 Å². The summed E-state index contributed by atoms with van der Waals surface area (Å²) in [4.78, 5) is 12.1. The van der Waals surface area contributed by atoms with Crippen LogP contribution in [0.1, 0.15) is 43.1 Å². The van der Waals surface area contributed by atoms with Gasteiger partial charge in [-0.1, -0.05) is 32.9 Å². The Morgan fingerprint density at radius 1 is 1.41 bits per heavy atom. The molecule has 0 saturated carbocycles. The summed E-state index contributed by atoms with van der Waals surface area (Å²) in [5.74, 6) is 0.0274. The van der Waals surface area contributed by atoms with E-state index in [1.807, 2.05) is 25.1 Å². The molecule has 0 unspecified atom stereocenters. The lowest BCUT2D eigenvalue weighted by Crippen LogP contribution is -2.34. The molecular formula is C14H20INO. The van der Waals surface area contributed by atoms with Crippen molar-refractivity contribution >= 4 is 28.5 Å². The molecule has 0 aromatic heterocycles. The van der Waals surface area contributed by atoms with Gasteiger partial charge < -0.3 is 5.32 Å². The van der Waals surface area contributed by atoms with Crippen LogP contribution in [0.15, 0.2) is 18.2 Å². The first kappa shape index (κ1) is 14.5. The number of nitrogens with one attached hydrogen (secondary N) is 1. The van der Waals surface area contributed by atoms with E-state index in [1.54, 1.807) is 0 Å². The largest absolute Gasteiger partial charge is 0.351 e. The molecule has 0 aliphatic rings. The van der Waals surface area contributed by atoms with Gasteiger partial charge in [0.1, 0.15) is 0 Å². The average Bonchev–Trinajstić information content (AvgIpc) is 2.30. The minimum atomic E-state index is 0.0274. The Bertz CT molecular complexity index is 413. The minimum absolute atomic E-state index is 0.0274. The van der Waals surface area contributed by atoms with Crippen molar-refractivity contribution in [2.24, 2.45) is 5.41 Å². The number of hydrogen-bond acceptors (Lipinski definition) is 1. The van der Waals surface area contributed by atoms with Gasteiger partial charge in [-0.05, 0) is 53.0 Å². The molecule has 0 saturated heterocycles. The van der Waals surface area contributed by atoms with E-state index >= 15 is 0 Å². The molecule has 0 radical (unpaired) electrons. The van der Waals surface area contributed by atoms with Gasteiger partial charge in [-0.2, -0.15) is 0 Å². The smallest absolute Gasteiger partial charge is 0.252 e. The van der Waals surface area contributed by atoms with Gasteiger partial charge in [-0.25, -0.2) is 0 Å². The van der Waals surface area contributed by atoms with Gasteiger partial charge in [-0.15, -0.1) is 0 Å². The van der Waals surface area contributed by atoms with Gasteiger partial charge in [0.2, 0.25) is 0 Å². The summed E-state index contributed by atoms with van der Waals surface area (Å²) >= 11 is 2.23. The standard InChI is InChI=1S/C14H20INO/c1-5-14(3,4)9-16-13(17)11-8-6-7-10(2)12(11)15/h6-8H,5,9H2,1-4H3,(H,16,17). The van der Waals surface area contributed by atoms with Crippen LogP contribution in [0.25, 0.3) is 0 Å². The van der Waals surface area contributed by atoms with Crippen LogP contribution < -0.4 is 5.32 Å². The Morgan fingerprint density at radius 3 is 2.65 bits per heavy atom. The van der Waals surface area contributed by atoms with E-state index in [0.29, 0.717) is 6.54 Å². The zero-order valence-electron chi connectivity index (χ0n) is 10.9. The molecule has 0 aliphatic heterocycles. The maximum absolute atomic E-state index is 12.1. The Kier molecular flexibility index (Phi) is 4.98. The van der Waals surface area contributed by atoms with Gasteiger partial charge in [0.25, 0.3) is 5.91 Å². The van der Waals surface area contributed by atoms with Gasteiger partial charge >= 0.3 is 0 Å². The zero-order chi connectivity index (χ0) is 13.1. The topological polar surface area (TPSA) is 29.1 Å². The fraction of sp³-hybridized carbons (Fsp3) is 0.500. The number of carbonyl (C=O) groups is 1. The highest BCUT2D eigenvalue weighted by Crippen LogP contribution is 2.19. The Hall–Kier alpha value is -0.580. The number of halogens is 1. The summed E-state index contributed by atoms with van der Waals surface area (Å²) in [5, 5.41) is 3.01. The molecule has 1 N–H and O–H groups in total. The van der Waals surface area contributed by atoms with E-state index in [4.69, 9.17) is 0 Å². The third-order valence-corrected chi connectivity index (χ3v) is 4.55. The lowest BCUT2D eigenvalue weighted by Gasteiger charge is -2.23. The molecule has 0 aliphatic carbocycles. The second-order valence-corrected chi connectivity index (χ2v) is 6.22. The summed E-state index contributed by atoms with van der Waals surface area (Å²) in [6.07, 6.45) is 1.05. The number of rotatable bonds is 4. The van der Waals surface area contributed by atoms with Gasteiger partial charge in [0.05, 0.1) is 5.56 Å². The van der Waals surface area contributed by atoms with Crippen molar-refractivity contribution in [1.29, 1.82) is 0 Å². The van der Waals surface area contributed by atoms with Crippen LogP contribution in [0.4, 0.5) is 0 Å².